The Balaban J connectivity index is 0.000000436. The monoisotopic (exact) mass is 866 g/mol. The van der Waals surface area contributed by atoms with Crippen molar-refractivity contribution in [3.05, 3.63) is 94.6 Å². The van der Waals surface area contributed by atoms with Gasteiger partial charge in [-0.15, -0.1) is 0 Å². The Morgan fingerprint density at radius 1 is 0.869 bits per heavy atom. The number of hydrogen-bond donors (Lipinski definition) is 1. The van der Waals surface area contributed by atoms with E-state index in [1.54, 1.807) is 77.3 Å². The van der Waals surface area contributed by atoms with Gasteiger partial charge in [0.2, 0.25) is 0 Å². The fourth-order valence-electron chi connectivity index (χ4n) is 6.97. The molecule has 61 heavy (non-hydrogen) atoms. The van der Waals surface area contributed by atoms with E-state index in [9.17, 15) is 27.9 Å². The van der Waals surface area contributed by atoms with Gasteiger partial charge in [-0.05, 0) is 134 Å². The summed E-state index contributed by atoms with van der Waals surface area (Å²) < 4.78 is 49.4. The highest BCUT2D eigenvalue weighted by Gasteiger charge is 2.36. The number of carbonyl (C=O) groups is 3. The second kappa shape index (κ2) is 23.6. The van der Waals surface area contributed by atoms with E-state index >= 15 is 0 Å². The van der Waals surface area contributed by atoms with Crippen LogP contribution in [-0.2, 0) is 58.0 Å². The molecule has 1 fully saturated rings. The second-order valence-electron chi connectivity index (χ2n) is 16.9. The molecule has 4 rings (SSSR count). The first-order valence-corrected chi connectivity index (χ1v) is 22.4. The quantitative estimate of drug-likeness (QED) is 0.0306. The highest BCUT2D eigenvalue weighted by molar-refractivity contribution is 7.92. The molecule has 1 saturated carbocycles. The van der Waals surface area contributed by atoms with Crippen molar-refractivity contribution in [3.63, 3.8) is 0 Å². The van der Waals surface area contributed by atoms with Crippen molar-refractivity contribution < 1.29 is 56.6 Å². The van der Waals surface area contributed by atoms with Gasteiger partial charge in [0.25, 0.3) is 0 Å². The molecule has 0 radical (unpaired) electrons. The molecule has 0 heterocycles. The maximum Gasteiger partial charge on any atom is 0.316 e. The second-order valence-corrected chi connectivity index (χ2v) is 19.0. The number of aldehydes is 1. The standard InChI is InChI=1S/C33H46O8S.C15H20O4/c1-7-40-32(35)28-11-9-8-10-25(28)21-31(42(36,37)27-17-12-23(2)13-18-27)29(34)19-15-24-14-16-26(30(20-24)38-5)22-33(3,4)41-39-6;1-15(2,3)14(17)19-12-8-7-11(6-5-9-16)10-13(12)18-4/h12-14,16-18,20-21,28-29,31,34H,7-11,15,19,22H2,1-6H3;7-10H,5-6H2,1-4H3/b25-21-;. The summed E-state index contributed by atoms with van der Waals surface area (Å²) in [7, 11) is 0.637. The summed E-state index contributed by atoms with van der Waals surface area (Å²) in [5.41, 5.74) is 3.35. The average molecular weight is 867 g/mol. The van der Waals surface area contributed by atoms with E-state index < -0.39 is 38.1 Å². The lowest BCUT2D eigenvalue weighted by molar-refractivity contribution is -0.335. The van der Waals surface area contributed by atoms with Gasteiger partial charge >= 0.3 is 11.9 Å². The van der Waals surface area contributed by atoms with E-state index in [1.807, 2.05) is 45.0 Å². The van der Waals surface area contributed by atoms with Crippen LogP contribution in [0.25, 0.3) is 0 Å². The predicted molar refractivity (Wildman–Crippen MR) is 234 cm³/mol. The van der Waals surface area contributed by atoms with Crippen LogP contribution < -0.4 is 14.2 Å². The summed E-state index contributed by atoms with van der Waals surface area (Å²) in [5, 5.41) is 10.3. The summed E-state index contributed by atoms with van der Waals surface area (Å²) in [6.45, 7) is 13.1. The summed E-state index contributed by atoms with van der Waals surface area (Å²) in [6, 6.07) is 17.8. The average Bonchev–Trinajstić information content (AvgIpc) is 3.21. The number of aliphatic hydroxyl groups excluding tert-OH is 1. The molecule has 13 heteroatoms. The Bertz CT molecular complexity index is 2030. The molecule has 0 bridgehead atoms. The molecular weight excluding hydrogens is 801 g/mol. The van der Waals surface area contributed by atoms with Crippen LogP contribution in [0, 0.1) is 18.3 Å². The number of rotatable bonds is 19. The minimum absolute atomic E-state index is 0.143. The zero-order valence-corrected chi connectivity index (χ0v) is 38.4. The van der Waals surface area contributed by atoms with Gasteiger partial charge in [0.1, 0.15) is 22.9 Å². The number of aliphatic hydroxyl groups is 1. The SMILES string of the molecule is CCOC(=O)C1CCCC/C1=C/C(C(O)CCc1ccc(CC(C)(C)OOC)c(OC)c1)S(=O)(=O)c1ccc(C)cc1.COc1cc(CCC=O)ccc1OC(=O)C(C)(C)C. The van der Waals surface area contributed by atoms with E-state index in [0.29, 0.717) is 55.8 Å². The van der Waals surface area contributed by atoms with Crippen molar-refractivity contribution in [2.24, 2.45) is 11.3 Å². The van der Waals surface area contributed by atoms with Gasteiger partial charge in [0.15, 0.2) is 21.3 Å². The third kappa shape index (κ3) is 15.4. The minimum Gasteiger partial charge on any atom is -0.496 e. The van der Waals surface area contributed by atoms with Crippen LogP contribution in [0.15, 0.2) is 77.2 Å². The molecule has 336 valence electrons. The van der Waals surface area contributed by atoms with E-state index in [4.69, 9.17) is 28.7 Å². The number of methoxy groups -OCH3 is 2. The molecule has 0 saturated heterocycles. The largest absolute Gasteiger partial charge is 0.496 e. The van der Waals surface area contributed by atoms with Crippen LogP contribution in [0.3, 0.4) is 0 Å². The molecular formula is C48H66O12S. The maximum absolute atomic E-state index is 13.9. The van der Waals surface area contributed by atoms with Crippen molar-refractivity contribution in [3.8, 4) is 17.2 Å². The molecule has 1 aliphatic carbocycles. The van der Waals surface area contributed by atoms with Crippen molar-refractivity contribution in [2.45, 2.75) is 128 Å². The van der Waals surface area contributed by atoms with Crippen LogP contribution in [0.1, 0.15) is 102 Å². The fraction of sp³-hybridized carbons (Fsp3) is 0.521. The fourth-order valence-corrected chi connectivity index (χ4v) is 8.70. The molecule has 1 N–H and O–H groups in total. The summed E-state index contributed by atoms with van der Waals surface area (Å²) in [6.07, 6.45) is 6.52. The highest BCUT2D eigenvalue weighted by atomic mass is 32.2. The lowest BCUT2D eigenvalue weighted by Crippen LogP contribution is -2.35. The Hall–Kier alpha value is -4.56. The van der Waals surface area contributed by atoms with Gasteiger partial charge in [-0.25, -0.2) is 18.2 Å². The number of carbonyl (C=O) groups excluding carboxylic acids is 3. The zero-order valence-electron chi connectivity index (χ0n) is 37.6. The molecule has 12 nitrogen and oxygen atoms in total. The molecule has 0 aromatic heterocycles. The number of esters is 2. The Labute approximate surface area is 362 Å². The third-order valence-electron chi connectivity index (χ3n) is 10.3. The first-order chi connectivity index (χ1) is 28.8. The molecule has 1 aliphatic rings. The molecule has 3 atom stereocenters. The number of sulfone groups is 1. The lowest BCUT2D eigenvalue weighted by Gasteiger charge is -2.27. The van der Waals surface area contributed by atoms with Crippen LogP contribution in [0.4, 0.5) is 0 Å². The van der Waals surface area contributed by atoms with Crippen molar-refractivity contribution >= 4 is 28.1 Å². The molecule has 0 aliphatic heterocycles. The van der Waals surface area contributed by atoms with Gasteiger partial charge in [0, 0.05) is 12.8 Å². The lowest BCUT2D eigenvalue weighted by atomic mass is 9.83. The van der Waals surface area contributed by atoms with E-state index in [1.165, 1.54) is 14.2 Å². The van der Waals surface area contributed by atoms with Gasteiger partial charge in [-0.3, -0.25) is 9.59 Å². The van der Waals surface area contributed by atoms with Gasteiger partial charge < -0.3 is 28.8 Å². The summed E-state index contributed by atoms with van der Waals surface area (Å²) in [4.78, 5) is 45.3. The van der Waals surface area contributed by atoms with Crippen LogP contribution in [0.5, 0.6) is 17.2 Å². The predicted octanol–water partition coefficient (Wildman–Crippen LogP) is 8.50. The maximum atomic E-state index is 13.9. The molecule has 3 unspecified atom stereocenters. The molecule has 0 spiro atoms. The van der Waals surface area contributed by atoms with Crippen LogP contribution in [-0.4, -0.2) is 76.6 Å². The zero-order chi connectivity index (χ0) is 45.4. The van der Waals surface area contributed by atoms with Crippen molar-refractivity contribution in [2.75, 3.05) is 27.9 Å². The number of aryl methyl sites for hydroxylation is 3. The van der Waals surface area contributed by atoms with Gasteiger partial charge in [-0.1, -0.05) is 54.0 Å². The number of benzene rings is 3. The Kier molecular flexibility index (Phi) is 19.7. The Morgan fingerprint density at radius 3 is 2.11 bits per heavy atom. The first-order valence-electron chi connectivity index (χ1n) is 20.9. The highest BCUT2D eigenvalue weighted by Crippen LogP contribution is 2.35. The number of ether oxygens (including phenoxy) is 4. The third-order valence-corrected chi connectivity index (χ3v) is 12.4. The van der Waals surface area contributed by atoms with Crippen molar-refractivity contribution in [1.82, 2.24) is 0 Å². The van der Waals surface area contributed by atoms with E-state index in [0.717, 1.165) is 47.0 Å². The van der Waals surface area contributed by atoms with Crippen LogP contribution >= 0.6 is 0 Å². The number of hydrogen-bond acceptors (Lipinski definition) is 12. The minimum atomic E-state index is -3.96. The summed E-state index contributed by atoms with van der Waals surface area (Å²) in [5.74, 6) is 0.436. The van der Waals surface area contributed by atoms with Crippen molar-refractivity contribution in [1.29, 1.82) is 0 Å². The van der Waals surface area contributed by atoms with Gasteiger partial charge in [0.05, 0.1) is 50.3 Å². The van der Waals surface area contributed by atoms with E-state index in [2.05, 4.69) is 0 Å². The smallest absolute Gasteiger partial charge is 0.316 e. The van der Waals surface area contributed by atoms with Gasteiger partial charge in [-0.2, -0.15) is 0 Å². The normalized spacial score (nSPS) is 16.1. The Morgan fingerprint density at radius 2 is 1.51 bits per heavy atom. The molecule has 3 aromatic rings. The topological polar surface area (TPSA) is 161 Å². The summed E-state index contributed by atoms with van der Waals surface area (Å²) >= 11 is 0. The molecule has 3 aromatic carbocycles. The van der Waals surface area contributed by atoms with E-state index in [-0.39, 0.29) is 29.9 Å². The first kappa shape index (κ1) is 50.8. The molecule has 0 amide bonds. The van der Waals surface area contributed by atoms with Crippen LogP contribution in [0.2, 0.25) is 0 Å².